The molecule has 0 fully saturated rings. The van der Waals surface area contributed by atoms with Gasteiger partial charge in [-0.2, -0.15) is 0 Å². The fourth-order valence-electron chi connectivity index (χ4n) is 2.52. The molecule has 0 unspecified atom stereocenters. The van der Waals surface area contributed by atoms with Gasteiger partial charge >= 0.3 is 5.97 Å². The molecule has 0 aliphatic heterocycles. The van der Waals surface area contributed by atoms with Crippen molar-refractivity contribution in [2.75, 3.05) is 6.54 Å². The monoisotopic (exact) mass is 324 g/mol. The number of hydrogen-bond donors (Lipinski definition) is 3. The highest BCUT2D eigenvalue weighted by atomic mass is 19.1. The van der Waals surface area contributed by atoms with Gasteiger partial charge in [0.05, 0.1) is 6.04 Å². The summed E-state index contributed by atoms with van der Waals surface area (Å²) in [6, 6.07) is 5.32. The van der Waals surface area contributed by atoms with E-state index in [1.807, 2.05) is 13.8 Å². The van der Waals surface area contributed by atoms with Crippen molar-refractivity contribution in [1.82, 2.24) is 5.32 Å². The van der Waals surface area contributed by atoms with E-state index >= 15 is 0 Å². The van der Waals surface area contributed by atoms with Gasteiger partial charge in [0, 0.05) is 13.0 Å². The molecule has 128 valence electrons. The molecule has 1 amide bonds. The van der Waals surface area contributed by atoms with E-state index in [1.54, 1.807) is 18.2 Å². The van der Waals surface area contributed by atoms with Crippen molar-refractivity contribution < 1.29 is 19.1 Å². The lowest BCUT2D eigenvalue weighted by molar-refractivity contribution is -0.138. The minimum Gasteiger partial charge on any atom is -0.481 e. The van der Waals surface area contributed by atoms with Crippen LogP contribution in [0.2, 0.25) is 0 Å². The van der Waals surface area contributed by atoms with E-state index in [2.05, 4.69) is 5.32 Å². The number of benzene rings is 1. The van der Waals surface area contributed by atoms with Gasteiger partial charge in [-0.3, -0.25) is 9.59 Å². The van der Waals surface area contributed by atoms with Gasteiger partial charge in [0.1, 0.15) is 5.82 Å². The smallest absolute Gasteiger partial charge is 0.303 e. The minimum atomic E-state index is -0.888. The van der Waals surface area contributed by atoms with Crippen LogP contribution in [0.25, 0.3) is 0 Å². The van der Waals surface area contributed by atoms with Crippen molar-refractivity contribution in [2.45, 2.75) is 39.2 Å². The predicted molar refractivity (Wildman–Crippen MR) is 86.3 cm³/mol. The van der Waals surface area contributed by atoms with Crippen molar-refractivity contribution in [3.05, 3.63) is 35.6 Å². The average Bonchev–Trinajstić information content (AvgIpc) is 2.45. The maximum atomic E-state index is 13.6. The molecule has 0 aliphatic rings. The quantitative estimate of drug-likeness (QED) is 0.647. The van der Waals surface area contributed by atoms with Crippen LogP contribution in [0.5, 0.6) is 0 Å². The Kier molecular flexibility index (Phi) is 7.68. The molecule has 23 heavy (non-hydrogen) atoms. The highest BCUT2D eigenvalue weighted by Gasteiger charge is 2.19. The summed E-state index contributed by atoms with van der Waals surface area (Å²) < 4.78 is 13.6. The van der Waals surface area contributed by atoms with Crippen LogP contribution in [0, 0.1) is 17.7 Å². The van der Waals surface area contributed by atoms with E-state index in [0.717, 1.165) is 0 Å². The molecule has 0 spiro atoms. The molecule has 0 radical (unpaired) electrons. The zero-order valence-electron chi connectivity index (χ0n) is 13.6. The SMILES string of the molecule is CC(C)C[C@H](CNC(=O)[C@H](N)Cc1ccccc1F)CC(=O)O. The van der Waals surface area contributed by atoms with Gasteiger partial charge in [0.2, 0.25) is 5.91 Å². The van der Waals surface area contributed by atoms with E-state index in [0.29, 0.717) is 17.9 Å². The van der Waals surface area contributed by atoms with Gasteiger partial charge in [-0.05, 0) is 36.3 Å². The molecule has 0 saturated carbocycles. The van der Waals surface area contributed by atoms with Gasteiger partial charge in [-0.25, -0.2) is 4.39 Å². The molecule has 0 heterocycles. The Morgan fingerprint density at radius 1 is 1.30 bits per heavy atom. The lowest BCUT2D eigenvalue weighted by Gasteiger charge is -2.19. The van der Waals surface area contributed by atoms with Crippen LogP contribution in [0.1, 0.15) is 32.3 Å². The molecule has 5 nitrogen and oxygen atoms in total. The van der Waals surface area contributed by atoms with Crippen molar-refractivity contribution in [2.24, 2.45) is 17.6 Å². The van der Waals surface area contributed by atoms with Gasteiger partial charge in [0.15, 0.2) is 0 Å². The molecular weight excluding hydrogens is 299 g/mol. The fourth-order valence-corrected chi connectivity index (χ4v) is 2.52. The normalized spacial score (nSPS) is 13.6. The highest BCUT2D eigenvalue weighted by molar-refractivity contribution is 5.81. The number of nitrogens with two attached hydrogens (primary N) is 1. The number of aliphatic carboxylic acids is 1. The summed E-state index contributed by atoms with van der Waals surface area (Å²) in [6.07, 6.45) is 0.808. The third kappa shape index (κ3) is 7.23. The van der Waals surface area contributed by atoms with Crippen molar-refractivity contribution >= 4 is 11.9 Å². The van der Waals surface area contributed by atoms with Crippen LogP contribution in [-0.2, 0) is 16.0 Å². The number of carbonyl (C=O) groups excluding carboxylic acids is 1. The van der Waals surface area contributed by atoms with Crippen LogP contribution in [-0.4, -0.2) is 29.6 Å². The van der Waals surface area contributed by atoms with Gasteiger partial charge in [-0.15, -0.1) is 0 Å². The Balaban J connectivity index is 2.53. The van der Waals surface area contributed by atoms with Crippen LogP contribution < -0.4 is 11.1 Å². The first-order valence-electron chi connectivity index (χ1n) is 7.78. The summed E-state index contributed by atoms with van der Waals surface area (Å²) in [4.78, 5) is 22.9. The number of amides is 1. The number of carboxylic acids is 1. The summed E-state index contributed by atoms with van der Waals surface area (Å²) in [5, 5.41) is 11.6. The van der Waals surface area contributed by atoms with Crippen LogP contribution in [0.15, 0.2) is 24.3 Å². The molecule has 1 aromatic carbocycles. The Morgan fingerprint density at radius 3 is 2.52 bits per heavy atom. The predicted octanol–water partition coefficient (Wildman–Crippen LogP) is 1.95. The Hall–Kier alpha value is -1.95. The second-order valence-electron chi connectivity index (χ2n) is 6.24. The third-order valence-corrected chi connectivity index (χ3v) is 3.57. The standard InChI is InChI=1S/C17H25FN2O3/c1-11(2)7-12(8-16(21)22)10-20-17(23)15(19)9-13-5-3-4-6-14(13)18/h3-6,11-12,15H,7-10,19H2,1-2H3,(H,20,23)(H,21,22)/t12-,15+/m0/s1. The van der Waals surface area contributed by atoms with E-state index in [1.165, 1.54) is 6.07 Å². The zero-order valence-corrected chi connectivity index (χ0v) is 13.6. The Morgan fingerprint density at radius 2 is 1.96 bits per heavy atom. The number of halogens is 1. The number of nitrogens with one attached hydrogen (secondary N) is 1. The van der Waals surface area contributed by atoms with Gasteiger partial charge in [0.25, 0.3) is 0 Å². The van der Waals surface area contributed by atoms with Gasteiger partial charge in [-0.1, -0.05) is 32.0 Å². The van der Waals surface area contributed by atoms with E-state index < -0.39 is 17.9 Å². The van der Waals surface area contributed by atoms with Crippen LogP contribution >= 0.6 is 0 Å². The van der Waals surface area contributed by atoms with Crippen LogP contribution in [0.4, 0.5) is 4.39 Å². The molecule has 1 aromatic rings. The summed E-state index contributed by atoms with van der Waals surface area (Å²) in [7, 11) is 0. The number of hydrogen-bond acceptors (Lipinski definition) is 3. The molecule has 0 saturated heterocycles. The maximum Gasteiger partial charge on any atom is 0.303 e. The second-order valence-corrected chi connectivity index (χ2v) is 6.24. The summed E-state index contributed by atoms with van der Waals surface area (Å²) in [5.74, 6) is -1.48. The first kappa shape index (κ1) is 19.1. The van der Waals surface area contributed by atoms with E-state index in [-0.39, 0.29) is 31.1 Å². The lowest BCUT2D eigenvalue weighted by Crippen LogP contribution is -2.44. The number of carbonyl (C=O) groups is 2. The average molecular weight is 324 g/mol. The second kappa shape index (κ2) is 9.25. The number of rotatable bonds is 9. The molecule has 0 aliphatic carbocycles. The third-order valence-electron chi connectivity index (χ3n) is 3.57. The van der Waals surface area contributed by atoms with E-state index in [4.69, 9.17) is 10.8 Å². The summed E-state index contributed by atoms with van der Waals surface area (Å²) in [6.45, 7) is 4.26. The van der Waals surface area contributed by atoms with Gasteiger partial charge < -0.3 is 16.2 Å². The first-order chi connectivity index (χ1) is 10.8. The molecule has 4 N–H and O–H groups in total. The summed E-state index contributed by atoms with van der Waals surface area (Å²) >= 11 is 0. The number of carboxylic acid groups (broad SMARTS) is 1. The van der Waals surface area contributed by atoms with Crippen molar-refractivity contribution in [3.63, 3.8) is 0 Å². The fraction of sp³-hybridized carbons (Fsp3) is 0.529. The molecule has 2 atom stereocenters. The summed E-state index contributed by atoms with van der Waals surface area (Å²) in [5.41, 5.74) is 6.20. The first-order valence-corrected chi connectivity index (χ1v) is 7.78. The topological polar surface area (TPSA) is 92.4 Å². The molecule has 1 rings (SSSR count). The van der Waals surface area contributed by atoms with E-state index in [9.17, 15) is 14.0 Å². The molecular formula is C17H25FN2O3. The minimum absolute atomic E-state index is 0.00100. The largest absolute Gasteiger partial charge is 0.481 e. The van der Waals surface area contributed by atoms with Crippen molar-refractivity contribution in [1.29, 1.82) is 0 Å². The zero-order chi connectivity index (χ0) is 17.4. The Bertz CT molecular complexity index is 534. The molecule has 0 aromatic heterocycles. The highest BCUT2D eigenvalue weighted by Crippen LogP contribution is 2.15. The lowest BCUT2D eigenvalue weighted by atomic mass is 9.94. The molecule has 6 heteroatoms. The maximum absolute atomic E-state index is 13.6. The van der Waals surface area contributed by atoms with Crippen LogP contribution in [0.3, 0.4) is 0 Å². The van der Waals surface area contributed by atoms with Crippen molar-refractivity contribution in [3.8, 4) is 0 Å². The Labute approximate surface area is 136 Å². The molecule has 0 bridgehead atoms.